The van der Waals surface area contributed by atoms with Crippen molar-refractivity contribution < 1.29 is 41.6 Å². The lowest BCUT2D eigenvalue weighted by Gasteiger charge is -2.42. The number of alkyl halides is 2. The van der Waals surface area contributed by atoms with Gasteiger partial charge in [-0.15, -0.1) is 10.8 Å². The number of ether oxygens (including phenoxy) is 3. The van der Waals surface area contributed by atoms with E-state index in [9.17, 15) is 27.9 Å². The molecule has 1 saturated carbocycles. The molecule has 2 aromatic carbocycles. The second-order valence-electron chi connectivity index (χ2n) is 10.9. The van der Waals surface area contributed by atoms with Gasteiger partial charge in [0, 0.05) is 12.0 Å². The van der Waals surface area contributed by atoms with Crippen molar-refractivity contribution in [3.63, 3.8) is 0 Å². The highest BCUT2D eigenvalue weighted by molar-refractivity contribution is 8.22. The van der Waals surface area contributed by atoms with Gasteiger partial charge in [-0.3, -0.25) is 13.9 Å². The Labute approximate surface area is 258 Å². The molecule has 1 unspecified atom stereocenters. The van der Waals surface area contributed by atoms with Gasteiger partial charge in [0.1, 0.15) is 22.7 Å². The van der Waals surface area contributed by atoms with Gasteiger partial charge in [-0.1, -0.05) is 47.5 Å². The fraction of sp³-hybridized carbons (Fsp3) is 0.379. The summed E-state index contributed by atoms with van der Waals surface area (Å²) >= 11 is 12.7. The number of carbonyl (C=O) groups excluding carboxylic acids is 1. The maximum atomic E-state index is 13.5. The largest absolute Gasteiger partial charge is 0.619 e. The van der Waals surface area contributed by atoms with Crippen LogP contribution in [0.3, 0.4) is 0 Å². The first-order valence-corrected chi connectivity index (χ1v) is 15.7. The van der Waals surface area contributed by atoms with Crippen LogP contribution in [0.15, 0.2) is 59.8 Å². The summed E-state index contributed by atoms with van der Waals surface area (Å²) in [5.41, 5.74) is 0.401. The third-order valence-electron chi connectivity index (χ3n) is 7.49. The molecule has 2 N–H and O–H groups in total. The standard InChI is InChI=1S/C29H30Cl2F2N2O7S/c1-29(2)20-5-3-4-6-26(20)43(38,39)35(29)15-27(36)41-24(12-19-21(30)13-34(37)14-22(19)31)18-9-10-23(42-28(32)33)25(11-18)40-16-17-7-8-17/h3-6,9-11,13-14,17,24,28,38-39H,7-8,12,15-16H2,1-2H3. The first-order chi connectivity index (χ1) is 20.3. The van der Waals surface area contributed by atoms with E-state index in [0.29, 0.717) is 38.8 Å². The highest BCUT2D eigenvalue weighted by atomic mass is 35.5. The molecule has 1 atom stereocenters. The lowest BCUT2D eigenvalue weighted by molar-refractivity contribution is -0.605. The second kappa shape index (κ2) is 12.3. The van der Waals surface area contributed by atoms with Gasteiger partial charge in [-0.05, 0) is 61.9 Å². The van der Waals surface area contributed by atoms with Crippen LogP contribution in [0.5, 0.6) is 11.5 Å². The summed E-state index contributed by atoms with van der Waals surface area (Å²) in [6.45, 7) is 0.260. The number of aromatic nitrogens is 1. The molecule has 3 aromatic rings. The highest BCUT2D eigenvalue weighted by Crippen LogP contribution is 2.64. The lowest BCUT2D eigenvalue weighted by Crippen LogP contribution is -2.41. The zero-order valence-electron chi connectivity index (χ0n) is 23.2. The second-order valence-corrected chi connectivity index (χ2v) is 13.7. The monoisotopic (exact) mass is 658 g/mol. The Bertz CT molecular complexity index is 1470. The van der Waals surface area contributed by atoms with Crippen molar-refractivity contribution in [3.05, 3.63) is 86.8 Å². The van der Waals surface area contributed by atoms with Crippen LogP contribution < -0.4 is 14.2 Å². The van der Waals surface area contributed by atoms with Crippen molar-refractivity contribution in [3.8, 4) is 11.5 Å². The van der Waals surface area contributed by atoms with Gasteiger partial charge in [-0.25, -0.2) is 0 Å². The number of fused-ring (bicyclic) bond motifs is 1. The summed E-state index contributed by atoms with van der Waals surface area (Å²) < 4.78 is 66.6. The van der Waals surface area contributed by atoms with E-state index in [2.05, 4.69) is 4.74 Å². The molecule has 0 saturated heterocycles. The quantitative estimate of drug-likeness (QED) is 0.127. The molecule has 1 aliphatic carbocycles. The zero-order valence-corrected chi connectivity index (χ0v) is 25.5. The van der Waals surface area contributed by atoms with Gasteiger partial charge >= 0.3 is 12.6 Å². The lowest BCUT2D eigenvalue weighted by atomic mass is 9.94. The van der Waals surface area contributed by atoms with E-state index >= 15 is 0 Å². The minimum absolute atomic E-state index is 0.0247. The van der Waals surface area contributed by atoms with Crippen LogP contribution in [-0.2, 0) is 21.5 Å². The molecule has 9 nitrogen and oxygen atoms in total. The zero-order chi connectivity index (χ0) is 31.1. The summed E-state index contributed by atoms with van der Waals surface area (Å²) in [5, 5.41) is 11.9. The predicted molar refractivity (Wildman–Crippen MR) is 157 cm³/mol. The Hall–Kier alpha value is -2.87. The van der Waals surface area contributed by atoms with Gasteiger partial charge in [0.05, 0.1) is 17.0 Å². The number of carbonyl (C=O) groups is 1. The molecule has 0 amide bonds. The number of pyridine rings is 1. The molecule has 43 heavy (non-hydrogen) atoms. The average molecular weight is 660 g/mol. The molecule has 1 aromatic heterocycles. The number of rotatable bonds is 11. The number of hydrogen-bond acceptors (Lipinski definition) is 8. The minimum atomic E-state index is -3.51. The fourth-order valence-electron chi connectivity index (χ4n) is 5.04. The van der Waals surface area contributed by atoms with Crippen LogP contribution in [0.25, 0.3) is 0 Å². The molecular weight excluding hydrogens is 629 g/mol. The molecule has 0 radical (unpaired) electrons. The van der Waals surface area contributed by atoms with Crippen LogP contribution in [0.4, 0.5) is 8.78 Å². The Morgan fingerprint density at radius 3 is 2.44 bits per heavy atom. The number of nitrogens with zero attached hydrogens (tertiary/aromatic N) is 2. The first-order valence-electron chi connectivity index (χ1n) is 13.4. The van der Waals surface area contributed by atoms with E-state index < -0.39 is 41.5 Å². The van der Waals surface area contributed by atoms with Crippen LogP contribution in [-0.4, -0.2) is 39.1 Å². The molecule has 232 valence electrons. The Morgan fingerprint density at radius 1 is 1.14 bits per heavy atom. The predicted octanol–water partition coefficient (Wildman–Crippen LogP) is 7.12. The summed E-state index contributed by atoms with van der Waals surface area (Å²) in [7, 11) is -3.51. The molecule has 0 spiro atoms. The third-order valence-corrected chi connectivity index (χ3v) is 10.3. The smallest absolute Gasteiger partial charge is 0.387 e. The van der Waals surface area contributed by atoms with Gasteiger partial charge in [-0.2, -0.15) is 17.8 Å². The van der Waals surface area contributed by atoms with E-state index in [1.165, 1.54) is 22.5 Å². The molecule has 1 fully saturated rings. The van der Waals surface area contributed by atoms with Crippen LogP contribution in [0.1, 0.15) is 49.5 Å². The van der Waals surface area contributed by atoms with Crippen LogP contribution >= 0.6 is 34.0 Å². The van der Waals surface area contributed by atoms with Crippen molar-refractivity contribution in [2.45, 2.75) is 56.3 Å². The number of benzene rings is 2. The summed E-state index contributed by atoms with van der Waals surface area (Å²) in [5.74, 6) is -0.636. The van der Waals surface area contributed by atoms with Crippen LogP contribution in [0, 0.1) is 11.1 Å². The van der Waals surface area contributed by atoms with Crippen molar-refractivity contribution in [2.75, 3.05) is 13.2 Å². The minimum Gasteiger partial charge on any atom is -0.619 e. The van der Waals surface area contributed by atoms with Crippen molar-refractivity contribution in [1.29, 1.82) is 0 Å². The summed E-state index contributed by atoms with van der Waals surface area (Å²) in [6.07, 6.45) is 2.94. The molecule has 14 heteroatoms. The fourth-order valence-corrected chi connectivity index (χ4v) is 7.78. The maximum absolute atomic E-state index is 13.5. The Balaban J connectivity index is 1.46. The molecule has 0 bridgehead atoms. The van der Waals surface area contributed by atoms with E-state index in [4.69, 9.17) is 32.7 Å². The molecular formula is C29H30Cl2F2N2O7S. The van der Waals surface area contributed by atoms with E-state index in [0.717, 1.165) is 25.2 Å². The Kier molecular flexibility index (Phi) is 8.99. The van der Waals surface area contributed by atoms with Crippen molar-refractivity contribution in [2.24, 2.45) is 5.92 Å². The third kappa shape index (κ3) is 6.79. The first kappa shape index (κ1) is 31.6. The van der Waals surface area contributed by atoms with Gasteiger partial charge in [0.25, 0.3) is 0 Å². The van der Waals surface area contributed by atoms with Gasteiger partial charge < -0.3 is 19.4 Å². The summed E-state index contributed by atoms with van der Waals surface area (Å²) in [6, 6.07) is 11.0. The van der Waals surface area contributed by atoms with Gasteiger partial charge in [0.15, 0.2) is 23.9 Å². The van der Waals surface area contributed by atoms with E-state index in [1.807, 2.05) is 0 Å². The SMILES string of the molecule is CC1(C)c2ccccc2S(O)(O)N1CC(=O)OC(Cc1c(Cl)c[n+]([O-])cc1Cl)c1ccc(OC(F)F)c(OCC2CC2)c1. The molecule has 5 rings (SSSR count). The average Bonchev–Trinajstić information content (AvgIpc) is 3.74. The number of halogens is 4. The maximum Gasteiger partial charge on any atom is 0.387 e. The Morgan fingerprint density at radius 2 is 1.81 bits per heavy atom. The molecule has 1 aliphatic heterocycles. The topological polar surface area (TPSA) is 115 Å². The molecule has 2 aliphatic rings. The van der Waals surface area contributed by atoms with Crippen LogP contribution in [0.2, 0.25) is 10.0 Å². The number of esters is 1. The van der Waals surface area contributed by atoms with E-state index in [1.54, 1.807) is 38.1 Å². The summed E-state index contributed by atoms with van der Waals surface area (Å²) in [4.78, 5) is 13.8. The van der Waals surface area contributed by atoms with Crippen molar-refractivity contribution >= 4 is 39.9 Å². The van der Waals surface area contributed by atoms with E-state index in [-0.39, 0.29) is 28.0 Å². The number of hydrogen-bond donors (Lipinski definition) is 2. The molecule has 2 heterocycles. The normalized spacial score (nSPS) is 18.6. The highest BCUT2D eigenvalue weighted by Gasteiger charge is 2.49. The van der Waals surface area contributed by atoms with Crippen molar-refractivity contribution in [1.82, 2.24) is 4.31 Å². The van der Waals surface area contributed by atoms with Gasteiger partial charge in [0.2, 0.25) is 0 Å².